The van der Waals surface area contributed by atoms with E-state index in [1.165, 1.54) is 17.7 Å². The van der Waals surface area contributed by atoms with Crippen molar-refractivity contribution in [2.75, 3.05) is 13.1 Å². The molecule has 2 saturated heterocycles. The summed E-state index contributed by atoms with van der Waals surface area (Å²) in [7, 11) is 0. The fourth-order valence-electron chi connectivity index (χ4n) is 3.69. The molecule has 2 aliphatic heterocycles. The minimum Gasteiger partial charge on any atom is -0.480 e. The molecule has 0 radical (unpaired) electrons. The Morgan fingerprint density at radius 1 is 1.00 bits per heavy atom. The average Bonchev–Trinajstić information content (AvgIpc) is 3.28. The molecule has 0 unspecified atom stereocenters. The van der Waals surface area contributed by atoms with Crippen LogP contribution in [0.1, 0.15) is 79.1 Å². The van der Waals surface area contributed by atoms with Crippen LogP contribution < -0.4 is 5.32 Å². The SMILES string of the molecule is CCC[C@@H]1CC(=O)N([C@@H](CC)C(=O)O)C1.CCC[C@H]1CNC(=O)C1.CC[C@@H](Br)C(=O)O. The third kappa shape index (κ3) is 11.5. The maximum absolute atomic E-state index is 11.6. The van der Waals surface area contributed by atoms with Crippen LogP contribution in [0.5, 0.6) is 0 Å². The van der Waals surface area contributed by atoms with Crippen molar-refractivity contribution < 1.29 is 29.4 Å². The molecule has 0 saturated carbocycles. The summed E-state index contributed by atoms with van der Waals surface area (Å²) in [6, 6.07) is -0.626. The van der Waals surface area contributed by atoms with Crippen LogP contribution in [0.2, 0.25) is 0 Å². The monoisotopic (exact) mass is 506 g/mol. The highest BCUT2D eigenvalue weighted by atomic mass is 79.9. The second kappa shape index (κ2) is 16.1. The van der Waals surface area contributed by atoms with Crippen LogP contribution >= 0.6 is 15.9 Å². The summed E-state index contributed by atoms with van der Waals surface area (Å²) in [4.78, 5) is 44.2. The molecule has 180 valence electrons. The lowest BCUT2D eigenvalue weighted by Gasteiger charge is -2.23. The lowest BCUT2D eigenvalue weighted by molar-refractivity contribution is -0.148. The summed E-state index contributed by atoms with van der Waals surface area (Å²) in [6.45, 7) is 9.39. The molecule has 31 heavy (non-hydrogen) atoms. The third-order valence-electron chi connectivity index (χ3n) is 5.37. The Balaban J connectivity index is 0.000000479. The van der Waals surface area contributed by atoms with Crippen molar-refractivity contribution in [3.63, 3.8) is 0 Å². The number of amides is 2. The van der Waals surface area contributed by atoms with Gasteiger partial charge in [-0.05, 0) is 37.5 Å². The lowest BCUT2D eigenvalue weighted by Crippen LogP contribution is -2.41. The number of hydrogen-bond acceptors (Lipinski definition) is 4. The first-order chi connectivity index (χ1) is 14.6. The second-order valence-electron chi connectivity index (χ2n) is 8.04. The molecule has 2 fully saturated rings. The highest BCUT2D eigenvalue weighted by Gasteiger charge is 2.36. The Kier molecular flexibility index (Phi) is 15.2. The molecule has 2 amide bonds. The van der Waals surface area contributed by atoms with Gasteiger partial charge in [0.25, 0.3) is 0 Å². The molecule has 9 heteroatoms. The van der Waals surface area contributed by atoms with Gasteiger partial charge in [-0.15, -0.1) is 0 Å². The maximum Gasteiger partial charge on any atom is 0.326 e. The van der Waals surface area contributed by atoms with E-state index in [0.717, 1.165) is 25.8 Å². The van der Waals surface area contributed by atoms with Crippen molar-refractivity contribution in [3.05, 3.63) is 0 Å². The number of likely N-dealkylation sites (tertiary alicyclic amines) is 1. The summed E-state index contributed by atoms with van der Waals surface area (Å²) < 4.78 is 0. The fourth-order valence-corrected chi connectivity index (χ4v) is 3.69. The molecule has 2 rings (SSSR count). The minimum atomic E-state index is -0.886. The number of aliphatic carboxylic acids is 2. The van der Waals surface area contributed by atoms with Crippen molar-refractivity contribution in [1.82, 2.24) is 10.2 Å². The first-order valence-electron chi connectivity index (χ1n) is 11.3. The highest BCUT2D eigenvalue weighted by Crippen LogP contribution is 2.25. The van der Waals surface area contributed by atoms with Gasteiger partial charge in [-0.25, -0.2) is 4.79 Å². The van der Waals surface area contributed by atoms with Crippen LogP contribution in [0.15, 0.2) is 0 Å². The van der Waals surface area contributed by atoms with Gasteiger partial charge in [0.05, 0.1) is 0 Å². The van der Waals surface area contributed by atoms with Crippen LogP contribution in [-0.2, 0) is 19.2 Å². The Morgan fingerprint density at radius 2 is 1.58 bits per heavy atom. The normalized spacial score (nSPS) is 21.9. The standard InChI is InChI=1S/C11H19NO3.C7H13NO.C4H7BrO2/c1-3-5-8-6-10(13)12(7-8)9(4-2)11(14)15;1-2-3-6-4-7(9)8-5-6;1-2-3(5)4(6)7/h8-9H,3-7H2,1-2H3,(H,14,15);6H,2-5H2,1H3,(H,8,9);3H,2H2,1H3,(H,6,7)/t8-,9+;6-;3-/m111/s1. The second-order valence-corrected chi connectivity index (χ2v) is 9.15. The fraction of sp³-hybridized carbons (Fsp3) is 0.818. The largest absolute Gasteiger partial charge is 0.480 e. The molecule has 2 heterocycles. The number of rotatable bonds is 9. The average molecular weight is 507 g/mol. The summed E-state index contributed by atoms with van der Waals surface area (Å²) >= 11 is 2.94. The predicted octanol–water partition coefficient (Wildman–Crippen LogP) is 3.67. The van der Waals surface area contributed by atoms with Gasteiger partial charge >= 0.3 is 11.9 Å². The molecule has 3 N–H and O–H groups in total. The van der Waals surface area contributed by atoms with Crippen LogP contribution in [0.3, 0.4) is 0 Å². The molecule has 0 aromatic carbocycles. The van der Waals surface area contributed by atoms with Crippen molar-refractivity contribution in [3.8, 4) is 0 Å². The van der Waals surface area contributed by atoms with Crippen molar-refractivity contribution in [2.24, 2.45) is 11.8 Å². The van der Waals surface area contributed by atoms with E-state index < -0.39 is 18.0 Å². The molecule has 0 aromatic heterocycles. The van der Waals surface area contributed by atoms with Gasteiger partial charge in [-0.1, -0.05) is 56.5 Å². The number of carbonyl (C=O) groups is 4. The molecule has 0 spiro atoms. The summed E-state index contributed by atoms with van der Waals surface area (Å²) in [5, 5.41) is 19.9. The van der Waals surface area contributed by atoms with E-state index in [2.05, 4.69) is 35.1 Å². The zero-order valence-electron chi connectivity index (χ0n) is 19.2. The summed E-state index contributed by atoms with van der Waals surface area (Å²) in [6.07, 6.45) is 6.85. The number of halogens is 1. The Labute approximate surface area is 194 Å². The van der Waals surface area contributed by atoms with Crippen molar-refractivity contribution in [1.29, 1.82) is 0 Å². The number of carboxylic acids is 2. The molecule has 0 aliphatic carbocycles. The van der Waals surface area contributed by atoms with Gasteiger partial charge in [0.15, 0.2) is 0 Å². The summed E-state index contributed by atoms with van der Waals surface area (Å²) in [5.41, 5.74) is 0. The van der Waals surface area contributed by atoms with Crippen LogP contribution in [0, 0.1) is 11.8 Å². The molecular formula is C22H39BrN2O6. The number of hydrogen-bond donors (Lipinski definition) is 3. The van der Waals surface area contributed by atoms with Gasteiger partial charge in [0.1, 0.15) is 10.9 Å². The molecule has 8 nitrogen and oxygen atoms in total. The van der Waals surface area contributed by atoms with E-state index >= 15 is 0 Å². The maximum atomic E-state index is 11.6. The van der Waals surface area contributed by atoms with Gasteiger partial charge < -0.3 is 20.4 Å². The first-order valence-corrected chi connectivity index (χ1v) is 12.2. The number of nitrogens with zero attached hydrogens (tertiary/aromatic N) is 1. The smallest absolute Gasteiger partial charge is 0.326 e. The van der Waals surface area contributed by atoms with E-state index in [4.69, 9.17) is 10.2 Å². The molecule has 2 aliphatic rings. The Hall–Kier alpha value is -1.64. The first kappa shape index (κ1) is 29.4. The topological polar surface area (TPSA) is 124 Å². The molecule has 0 aromatic rings. The summed E-state index contributed by atoms with van der Waals surface area (Å²) in [5.74, 6) is -0.458. The van der Waals surface area contributed by atoms with Crippen molar-refractivity contribution >= 4 is 39.7 Å². The predicted molar refractivity (Wildman–Crippen MR) is 123 cm³/mol. The van der Waals surface area contributed by atoms with Gasteiger partial charge in [0.2, 0.25) is 11.8 Å². The quantitative estimate of drug-likeness (QED) is 0.409. The minimum absolute atomic E-state index is 0.00250. The van der Waals surface area contributed by atoms with Gasteiger partial charge in [-0.3, -0.25) is 14.4 Å². The van der Waals surface area contributed by atoms with E-state index in [0.29, 0.717) is 37.6 Å². The number of carbonyl (C=O) groups excluding carboxylic acids is 2. The zero-order valence-corrected chi connectivity index (χ0v) is 20.8. The van der Waals surface area contributed by atoms with Crippen molar-refractivity contribution in [2.45, 2.75) is 89.9 Å². The zero-order chi connectivity index (χ0) is 24.0. The lowest BCUT2D eigenvalue weighted by atomic mass is 10.0. The Bertz CT molecular complexity index is 586. The number of alkyl halides is 1. The van der Waals surface area contributed by atoms with Crippen LogP contribution in [0.25, 0.3) is 0 Å². The van der Waals surface area contributed by atoms with Crippen LogP contribution in [-0.4, -0.2) is 62.8 Å². The molecule has 0 bridgehead atoms. The molecule has 4 atom stereocenters. The Morgan fingerprint density at radius 3 is 1.94 bits per heavy atom. The van der Waals surface area contributed by atoms with Gasteiger partial charge in [-0.2, -0.15) is 0 Å². The van der Waals surface area contributed by atoms with E-state index in [1.54, 1.807) is 6.92 Å². The number of nitrogens with one attached hydrogen (secondary N) is 1. The number of carboxylic acid groups (broad SMARTS) is 2. The van der Waals surface area contributed by atoms with E-state index in [-0.39, 0.29) is 16.6 Å². The van der Waals surface area contributed by atoms with E-state index in [1.807, 2.05) is 6.92 Å². The third-order valence-corrected chi connectivity index (χ3v) is 6.41. The van der Waals surface area contributed by atoms with Gasteiger partial charge in [0, 0.05) is 25.9 Å². The molecular weight excluding hydrogens is 468 g/mol. The van der Waals surface area contributed by atoms with Crippen LogP contribution in [0.4, 0.5) is 0 Å². The highest BCUT2D eigenvalue weighted by molar-refractivity contribution is 9.10. The van der Waals surface area contributed by atoms with E-state index in [9.17, 15) is 19.2 Å².